The lowest BCUT2D eigenvalue weighted by atomic mass is 10.1. The van der Waals surface area contributed by atoms with Crippen LogP contribution < -0.4 is 10.2 Å². The first-order chi connectivity index (χ1) is 13.9. The minimum absolute atomic E-state index is 0.103. The molecule has 5 nitrogen and oxygen atoms in total. The number of halogens is 2. The number of likely N-dealkylation sites (N-methyl/N-ethyl adjacent to an activating group) is 1. The van der Waals surface area contributed by atoms with Gasteiger partial charge in [-0.2, -0.15) is 5.26 Å². The summed E-state index contributed by atoms with van der Waals surface area (Å²) < 4.78 is 0. The van der Waals surface area contributed by atoms with Crippen molar-refractivity contribution >= 4 is 52.5 Å². The molecule has 1 aliphatic heterocycles. The van der Waals surface area contributed by atoms with E-state index in [9.17, 15) is 14.9 Å². The molecule has 148 valence electrons. The minimum atomic E-state index is -0.548. The lowest BCUT2D eigenvalue weighted by Crippen LogP contribution is -2.32. The van der Waals surface area contributed by atoms with E-state index in [0.717, 1.165) is 11.1 Å². The van der Waals surface area contributed by atoms with Gasteiger partial charge in [0.2, 0.25) is 5.91 Å². The fraction of sp³-hybridized carbons (Fsp3) is 0.190. The normalized spacial score (nSPS) is 17.8. The molecule has 0 saturated carbocycles. The Kier molecular flexibility index (Phi) is 6.53. The number of hydrogen-bond acceptors (Lipinski definition) is 4. The second-order valence-corrected chi connectivity index (χ2v) is 8.41. The van der Waals surface area contributed by atoms with Crippen molar-refractivity contribution in [2.24, 2.45) is 0 Å². The van der Waals surface area contributed by atoms with E-state index >= 15 is 0 Å². The van der Waals surface area contributed by atoms with Crippen LogP contribution in [0.3, 0.4) is 0 Å². The highest BCUT2D eigenvalue weighted by Gasteiger charge is 2.41. The summed E-state index contributed by atoms with van der Waals surface area (Å²) >= 11 is 13.5. The third-order valence-corrected chi connectivity index (χ3v) is 6.37. The van der Waals surface area contributed by atoms with E-state index < -0.39 is 11.2 Å². The number of anilines is 1. The van der Waals surface area contributed by atoms with Gasteiger partial charge in [-0.15, -0.1) is 0 Å². The molecule has 1 N–H and O–H groups in total. The van der Waals surface area contributed by atoms with E-state index in [4.69, 9.17) is 23.2 Å². The molecule has 1 aliphatic rings. The number of para-hydroxylation sites is 1. The zero-order valence-electron chi connectivity index (χ0n) is 15.7. The number of carbonyl (C=O) groups is 2. The van der Waals surface area contributed by atoms with Crippen LogP contribution in [-0.2, 0) is 16.0 Å². The Bertz CT molecular complexity index is 1060. The number of rotatable bonds is 4. The molecule has 8 heteroatoms. The summed E-state index contributed by atoms with van der Waals surface area (Å²) in [7, 11) is 1.45. The molecule has 0 unspecified atom stereocenters. The Labute approximate surface area is 183 Å². The van der Waals surface area contributed by atoms with Crippen molar-refractivity contribution in [1.82, 2.24) is 5.32 Å². The van der Waals surface area contributed by atoms with Gasteiger partial charge >= 0.3 is 0 Å². The van der Waals surface area contributed by atoms with Gasteiger partial charge in [0.25, 0.3) is 5.91 Å². The van der Waals surface area contributed by atoms with Crippen LogP contribution in [0, 0.1) is 18.3 Å². The molecule has 0 aliphatic carbocycles. The van der Waals surface area contributed by atoms with Crippen molar-refractivity contribution in [3.8, 4) is 6.07 Å². The van der Waals surface area contributed by atoms with Crippen LogP contribution in [0.2, 0.25) is 10.0 Å². The van der Waals surface area contributed by atoms with E-state index in [1.54, 1.807) is 24.3 Å². The molecular formula is C21H17Cl2N3O2S. The molecule has 2 amide bonds. The van der Waals surface area contributed by atoms with Gasteiger partial charge in [0.15, 0.2) is 0 Å². The van der Waals surface area contributed by atoms with Crippen LogP contribution in [0.4, 0.5) is 5.69 Å². The highest BCUT2D eigenvalue weighted by atomic mass is 35.5. The molecule has 1 fully saturated rings. The summed E-state index contributed by atoms with van der Waals surface area (Å²) in [6.45, 7) is 1.87. The zero-order chi connectivity index (χ0) is 21.1. The Morgan fingerprint density at radius 3 is 2.66 bits per heavy atom. The van der Waals surface area contributed by atoms with Crippen molar-refractivity contribution in [1.29, 1.82) is 5.26 Å². The monoisotopic (exact) mass is 445 g/mol. The number of carbonyl (C=O) groups excluding carboxylic acids is 2. The first-order valence-electron chi connectivity index (χ1n) is 8.74. The number of benzene rings is 2. The predicted octanol–water partition coefficient (Wildman–Crippen LogP) is 4.47. The van der Waals surface area contributed by atoms with Crippen LogP contribution in [0.15, 0.2) is 53.1 Å². The molecule has 1 heterocycles. The van der Waals surface area contributed by atoms with Crippen molar-refractivity contribution < 1.29 is 9.59 Å². The molecule has 0 spiro atoms. The van der Waals surface area contributed by atoms with Gasteiger partial charge in [0, 0.05) is 17.1 Å². The van der Waals surface area contributed by atoms with Crippen molar-refractivity contribution in [2.45, 2.75) is 18.6 Å². The number of aryl methyl sites for hydroxylation is 1. The lowest BCUT2D eigenvalue weighted by molar-refractivity contribution is -0.117. The van der Waals surface area contributed by atoms with E-state index in [2.05, 4.69) is 5.32 Å². The summed E-state index contributed by atoms with van der Waals surface area (Å²) in [6, 6.07) is 14.4. The second-order valence-electron chi connectivity index (χ2n) is 6.38. The number of amides is 2. The second kappa shape index (κ2) is 8.91. The summed E-state index contributed by atoms with van der Waals surface area (Å²) in [4.78, 5) is 27.1. The van der Waals surface area contributed by atoms with Crippen LogP contribution >= 0.6 is 35.0 Å². The molecule has 0 bridgehead atoms. The van der Waals surface area contributed by atoms with Gasteiger partial charge in [-0.25, -0.2) is 0 Å². The first-order valence-corrected chi connectivity index (χ1v) is 10.4. The summed E-state index contributed by atoms with van der Waals surface area (Å²) in [5, 5.41) is 12.9. The molecule has 1 atom stereocenters. The summed E-state index contributed by atoms with van der Waals surface area (Å²) in [5.74, 6) is -0.755. The summed E-state index contributed by atoms with van der Waals surface area (Å²) in [5.41, 5.74) is 2.12. The molecular weight excluding hydrogens is 429 g/mol. The van der Waals surface area contributed by atoms with Crippen molar-refractivity contribution in [3.05, 3.63) is 74.2 Å². The third kappa shape index (κ3) is 4.27. The maximum Gasteiger partial charge on any atom is 0.264 e. The van der Waals surface area contributed by atoms with Gasteiger partial charge in [0.05, 0.1) is 10.9 Å². The Morgan fingerprint density at radius 2 is 2.00 bits per heavy atom. The summed E-state index contributed by atoms with van der Waals surface area (Å²) in [6.07, 6.45) is 0.321. The molecule has 0 radical (unpaired) electrons. The Balaban J connectivity index is 2.09. The Morgan fingerprint density at radius 1 is 1.28 bits per heavy atom. The molecule has 0 aromatic heterocycles. The molecule has 1 saturated heterocycles. The van der Waals surface area contributed by atoms with Crippen molar-refractivity contribution in [3.63, 3.8) is 0 Å². The van der Waals surface area contributed by atoms with E-state index in [0.29, 0.717) is 27.2 Å². The lowest BCUT2D eigenvalue weighted by Gasteiger charge is -2.20. The number of nitrogens with zero attached hydrogens (tertiary/aromatic N) is 2. The maximum absolute atomic E-state index is 13.4. The first kappa shape index (κ1) is 21.3. The number of nitriles is 1. The largest absolute Gasteiger partial charge is 0.354 e. The highest BCUT2D eigenvalue weighted by molar-refractivity contribution is 8.05. The van der Waals surface area contributed by atoms with Crippen LogP contribution in [-0.4, -0.2) is 24.1 Å². The quantitative estimate of drug-likeness (QED) is 0.556. The fourth-order valence-electron chi connectivity index (χ4n) is 3.04. The fourth-order valence-corrected chi connectivity index (χ4v) is 4.72. The van der Waals surface area contributed by atoms with Gasteiger partial charge in [-0.05, 0) is 48.7 Å². The van der Waals surface area contributed by atoms with Gasteiger partial charge in [-0.1, -0.05) is 53.2 Å². The number of thioether (sulfide) groups is 1. The van der Waals surface area contributed by atoms with Gasteiger partial charge in [0.1, 0.15) is 16.7 Å². The van der Waals surface area contributed by atoms with Crippen LogP contribution in [0.1, 0.15) is 11.1 Å². The molecule has 29 heavy (non-hydrogen) atoms. The topological polar surface area (TPSA) is 73.2 Å². The third-order valence-electron chi connectivity index (χ3n) is 4.50. The van der Waals surface area contributed by atoms with E-state index in [1.165, 1.54) is 23.7 Å². The van der Waals surface area contributed by atoms with Gasteiger partial charge < -0.3 is 5.32 Å². The molecule has 3 rings (SSSR count). The number of nitrogens with one attached hydrogen (secondary N) is 1. The average Bonchev–Trinajstić information content (AvgIpc) is 3.01. The van der Waals surface area contributed by atoms with Crippen molar-refractivity contribution in [2.75, 3.05) is 11.9 Å². The van der Waals surface area contributed by atoms with Crippen LogP contribution in [0.5, 0.6) is 0 Å². The Hall–Kier alpha value is -2.46. The standard InChI is InChI=1S/C21H17Cl2N3O2S/c1-12-5-3-4-6-17(12)26-20(28)18(10-13-9-14(22)7-8-16(13)23)29-21(26)15(11-24)19(27)25-2/h3-9,18H,10H2,1-2H3,(H,25,27)/b21-15-/t18-/m0/s1. The van der Waals surface area contributed by atoms with Gasteiger partial charge in [-0.3, -0.25) is 14.5 Å². The van der Waals surface area contributed by atoms with E-state index in [1.807, 2.05) is 31.2 Å². The number of hydrogen-bond donors (Lipinski definition) is 1. The SMILES string of the molecule is CNC(=O)/C(C#N)=C1\S[C@@H](Cc2cc(Cl)ccc2Cl)C(=O)N1c1ccccc1C. The minimum Gasteiger partial charge on any atom is -0.354 e. The van der Waals surface area contributed by atoms with Crippen LogP contribution in [0.25, 0.3) is 0 Å². The molecule has 2 aromatic carbocycles. The predicted molar refractivity (Wildman–Crippen MR) is 117 cm³/mol. The maximum atomic E-state index is 13.4. The zero-order valence-corrected chi connectivity index (χ0v) is 18.0. The van der Waals surface area contributed by atoms with E-state index in [-0.39, 0.29) is 11.5 Å². The average molecular weight is 446 g/mol. The molecule has 2 aromatic rings. The highest BCUT2D eigenvalue weighted by Crippen LogP contribution is 2.43. The smallest absolute Gasteiger partial charge is 0.264 e.